The number of rotatable bonds is 2. The van der Waals surface area contributed by atoms with E-state index in [9.17, 15) is 0 Å². The molecule has 0 aromatic carbocycles. The zero-order valence-electron chi connectivity index (χ0n) is 8.39. The minimum absolute atomic E-state index is 0.0870. The van der Waals surface area contributed by atoms with Crippen LogP contribution >= 0.6 is 0 Å². The van der Waals surface area contributed by atoms with E-state index in [-0.39, 0.29) is 6.04 Å². The highest BCUT2D eigenvalue weighted by Gasteiger charge is 2.22. The minimum Gasteiger partial charge on any atom is -0.322 e. The molecular weight excluding hydrogens is 174 g/mol. The first-order valence-electron chi connectivity index (χ1n) is 5.39. The van der Waals surface area contributed by atoms with E-state index in [1.54, 1.807) is 18.6 Å². The van der Waals surface area contributed by atoms with Crippen molar-refractivity contribution in [2.24, 2.45) is 11.7 Å². The van der Waals surface area contributed by atoms with E-state index in [0.717, 1.165) is 5.69 Å². The lowest BCUT2D eigenvalue weighted by Gasteiger charge is -2.26. The summed E-state index contributed by atoms with van der Waals surface area (Å²) in [5.41, 5.74) is 7.11. The lowest BCUT2D eigenvalue weighted by Crippen LogP contribution is -2.24. The molecule has 1 heterocycles. The van der Waals surface area contributed by atoms with Crippen molar-refractivity contribution in [3.63, 3.8) is 0 Å². The van der Waals surface area contributed by atoms with Gasteiger partial charge in [-0.15, -0.1) is 0 Å². The molecule has 3 nitrogen and oxygen atoms in total. The number of hydrogen-bond donors (Lipinski definition) is 1. The minimum atomic E-state index is 0.0870. The zero-order chi connectivity index (χ0) is 9.80. The van der Waals surface area contributed by atoms with E-state index in [4.69, 9.17) is 5.73 Å². The molecule has 0 amide bonds. The lowest BCUT2D eigenvalue weighted by atomic mass is 9.83. The molecular formula is C11H17N3. The largest absolute Gasteiger partial charge is 0.322 e. The fourth-order valence-corrected chi connectivity index (χ4v) is 2.22. The summed E-state index contributed by atoms with van der Waals surface area (Å²) in [5.74, 6) is 0.612. The highest BCUT2D eigenvalue weighted by atomic mass is 14.8. The van der Waals surface area contributed by atoms with Crippen LogP contribution in [0.5, 0.6) is 0 Å². The molecule has 14 heavy (non-hydrogen) atoms. The molecule has 2 rings (SSSR count). The van der Waals surface area contributed by atoms with Gasteiger partial charge in [0.05, 0.1) is 11.7 Å². The molecule has 1 fully saturated rings. The Bertz CT molecular complexity index is 267. The van der Waals surface area contributed by atoms with Crippen LogP contribution in [0.2, 0.25) is 0 Å². The third kappa shape index (κ3) is 2.10. The van der Waals surface area contributed by atoms with Gasteiger partial charge in [-0.25, -0.2) is 0 Å². The smallest absolute Gasteiger partial charge is 0.0756 e. The number of nitrogens with zero attached hydrogens (tertiary/aromatic N) is 2. The van der Waals surface area contributed by atoms with Crippen LogP contribution in [0.15, 0.2) is 18.6 Å². The van der Waals surface area contributed by atoms with Gasteiger partial charge in [-0.05, 0) is 18.8 Å². The molecule has 0 spiro atoms. The third-order valence-corrected chi connectivity index (χ3v) is 3.08. The maximum atomic E-state index is 6.17. The van der Waals surface area contributed by atoms with E-state index in [0.29, 0.717) is 5.92 Å². The SMILES string of the molecule is N[C@@H](c1cnccn1)C1CCCCC1. The Kier molecular flexibility index (Phi) is 3.09. The molecule has 2 N–H and O–H groups in total. The molecule has 76 valence electrons. The van der Waals surface area contributed by atoms with Crippen LogP contribution in [0.25, 0.3) is 0 Å². The molecule has 0 aliphatic heterocycles. The molecule has 1 saturated carbocycles. The van der Waals surface area contributed by atoms with E-state index in [2.05, 4.69) is 9.97 Å². The average molecular weight is 191 g/mol. The normalized spacial score (nSPS) is 20.6. The van der Waals surface area contributed by atoms with Gasteiger partial charge in [-0.3, -0.25) is 9.97 Å². The quantitative estimate of drug-likeness (QED) is 0.778. The van der Waals surface area contributed by atoms with Crippen molar-refractivity contribution in [1.82, 2.24) is 9.97 Å². The summed E-state index contributed by atoms with van der Waals surface area (Å²) in [5, 5.41) is 0. The molecule has 0 radical (unpaired) electrons. The second kappa shape index (κ2) is 4.51. The van der Waals surface area contributed by atoms with E-state index >= 15 is 0 Å². The Morgan fingerprint density at radius 3 is 2.64 bits per heavy atom. The highest BCUT2D eigenvalue weighted by Crippen LogP contribution is 2.31. The van der Waals surface area contributed by atoms with E-state index < -0.39 is 0 Å². The Hall–Kier alpha value is -0.960. The first kappa shape index (κ1) is 9.59. The maximum absolute atomic E-state index is 6.17. The van der Waals surface area contributed by atoms with Crippen LogP contribution in [-0.2, 0) is 0 Å². The summed E-state index contributed by atoms with van der Waals surface area (Å²) in [7, 11) is 0. The van der Waals surface area contributed by atoms with Crippen LogP contribution in [0.1, 0.15) is 43.8 Å². The van der Waals surface area contributed by atoms with Crippen molar-refractivity contribution in [2.75, 3.05) is 0 Å². The summed E-state index contributed by atoms with van der Waals surface area (Å²) in [6, 6.07) is 0.0870. The molecule has 0 unspecified atom stereocenters. The third-order valence-electron chi connectivity index (χ3n) is 3.08. The van der Waals surface area contributed by atoms with Crippen LogP contribution in [0.3, 0.4) is 0 Å². The van der Waals surface area contributed by atoms with Crippen LogP contribution in [0.4, 0.5) is 0 Å². The Morgan fingerprint density at radius 2 is 2.00 bits per heavy atom. The summed E-state index contributed by atoms with van der Waals surface area (Å²) in [6.07, 6.45) is 11.7. The summed E-state index contributed by atoms with van der Waals surface area (Å²) >= 11 is 0. The second-order valence-corrected chi connectivity index (χ2v) is 4.05. The fraction of sp³-hybridized carbons (Fsp3) is 0.636. The number of nitrogens with two attached hydrogens (primary N) is 1. The molecule has 1 aliphatic carbocycles. The van der Waals surface area contributed by atoms with Crippen molar-refractivity contribution < 1.29 is 0 Å². The van der Waals surface area contributed by atoms with Gasteiger partial charge in [-0.1, -0.05) is 19.3 Å². The predicted octanol–water partition coefficient (Wildman–Crippen LogP) is 2.06. The zero-order valence-corrected chi connectivity index (χ0v) is 8.39. The summed E-state index contributed by atoms with van der Waals surface area (Å²) < 4.78 is 0. The maximum Gasteiger partial charge on any atom is 0.0756 e. The molecule has 1 aromatic rings. The number of hydrogen-bond acceptors (Lipinski definition) is 3. The van der Waals surface area contributed by atoms with Gasteiger partial charge in [0.2, 0.25) is 0 Å². The Labute approximate surface area is 84.8 Å². The van der Waals surface area contributed by atoms with E-state index in [1.807, 2.05) is 0 Å². The average Bonchev–Trinajstić information content (AvgIpc) is 2.30. The van der Waals surface area contributed by atoms with Crippen LogP contribution in [-0.4, -0.2) is 9.97 Å². The van der Waals surface area contributed by atoms with Crippen LogP contribution < -0.4 is 5.73 Å². The molecule has 3 heteroatoms. The fourth-order valence-electron chi connectivity index (χ4n) is 2.22. The van der Waals surface area contributed by atoms with Crippen LogP contribution in [0, 0.1) is 5.92 Å². The van der Waals surface area contributed by atoms with E-state index in [1.165, 1.54) is 32.1 Å². The standard InChI is InChI=1S/C11H17N3/c12-11(9-4-2-1-3-5-9)10-8-13-6-7-14-10/h6-9,11H,1-5,12H2/t11-/m1/s1. The van der Waals surface area contributed by atoms with Crippen molar-refractivity contribution in [3.05, 3.63) is 24.3 Å². The van der Waals surface area contributed by atoms with Gasteiger partial charge in [-0.2, -0.15) is 0 Å². The molecule has 1 aromatic heterocycles. The molecule has 0 bridgehead atoms. The summed E-state index contributed by atoms with van der Waals surface area (Å²) in [4.78, 5) is 8.32. The first-order valence-corrected chi connectivity index (χ1v) is 5.39. The molecule has 1 aliphatic rings. The monoisotopic (exact) mass is 191 g/mol. The van der Waals surface area contributed by atoms with Gasteiger partial charge in [0, 0.05) is 18.6 Å². The Balaban J connectivity index is 2.03. The molecule has 0 saturated heterocycles. The highest BCUT2D eigenvalue weighted by molar-refractivity contribution is 5.03. The van der Waals surface area contributed by atoms with Crippen molar-refractivity contribution in [2.45, 2.75) is 38.1 Å². The van der Waals surface area contributed by atoms with Gasteiger partial charge in [0.1, 0.15) is 0 Å². The number of aromatic nitrogens is 2. The second-order valence-electron chi connectivity index (χ2n) is 4.05. The summed E-state index contributed by atoms with van der Waals surface area (Å²) in [6.45, 7) is 0. The topological polar surface area (TPSA) is 51.8 Å². The van der Waals surface area contributed by atoms with Crippen molar-refractivity contribution in [1.29, 1.82) is 0 Å². The first-order chi connectivity index (χ1) is 6.88. The van der Waals surface area contributed by atoms with Gasteiger partial charge >= 0.3 is 0 Å². The van der Waals surface area contributed by atoms with Gasteiger partial charge in [0.15, 0.2) is 0 Å². The molecule has 1 atom stereocenters. The predicted molar refractivity (Wildman–Crippen MR) is 55.5 cm³/mol. The van der Waals surface area contributed by atoms with Gasteiger partial charge < -0.3 is 5.73 Å². The van der Waals surface area contributed by atoms with Crippen molar-refractivity contribution >= 4 is 0 Å². The lowest BCUT2D eigenvalue weighted by molar-refractivity contribution is 0.304. The Morgan fingerprint density at radius 1 is 1.21 bits per heavy atom. The van der Waals surface area contributed by atoms with Gasteiger partial charge in [0.25, 0.3) is 0 Å². The van der Waals surface area contributed by atoms with Crippen molar-refractivity contribution in [3.8, 4) is 0 Å².